The predicted octanol–water partition coefficient (Wildman–Crippen LogP) is 4.09. The van der Waals surface area contributed by atoms with Crippen molar-refractivity contribution in [3.8, 4) is 0 Å². The largest absolute Gasteiger partial charge is 0.337 e. The Labute approximate surface area is 183 Å². The Hall–Kier alpha value is -2.84. The highest BCUT2D eigenvalue weighted by molar-refractivity contribution is 7.11. The van der Waals surface area contributed by atoms with Crippen molar-refractivity contribution in [1.29, 1.82) is 0 Å². The van der Waals surface area contributed by atoms with E-state index in [0.29, 0.717) is 45.8 Å². The highest BCUT2D eigenvalue weighted by atomic mass is 35.5. The van der Waals surface area contributed by atoms with E-state index in [0.717, 1.165) is 12.1 Å². The van der Waals surface area contributed by atoms with E-state index >= 15 is 0 Å². The number of nitrogens with zero attached hydrogens (tertiary/aromatic N) is 4. The van der Waals surface area contributed by atoms with Crippen LogP contribution in [0.2, 0.25) is 5.02 Å². The third-order valence-corrected chi connectivity index (χ3v) is 6.29. The molecule has 0 bridgehead atoms. The van der Waals surface area contributed by atoms with Gasteiger partial charge < -0.3 is 10.2 Å². The number of hydrogen-bond donors (Lipinski definition) is 1. The van der Waals surface area contributed by atoms with E-state index < -0.39 is 0 Å². The summed E-state index contributed by atoms with van der Waals surface area (Å²) in [4.78, 5) is 40.9. The molecule has 4 rings (SSSR count). The molecule has 7 nitrogen and oxygen atoms in total. The number of aryl methyl sites for hydroxylation is 2. The topological polar surface area (TPSA) is 88.1 Å². The van der Waals surface area contributed by atoms with Crippen molar-refractivity contribution in [2.75, 3.05) is 18.4 Å². The lowest BCUT2D eigenvalue weighted by Gasteiger charge is -2.16. The van der Waals surface area contributed by atoms with Gasteiger partial charge in [0, 0.05) is 35.9 Å². The fourth-order valence-corrected chi connectivity index (χ4v) is 4.34. The second kappa shape index (κ2) is 8.49. The Morgan fingerprint density at radius 2 is 1.93 bits per heavy atom. The lowest BCUT2D eigenvalue weighted by atomic mass is 10.1. The molecule has 3 aromatic rings. The van der Waals surface area contributed by atoms with Crippen LogP contribution in [0, 0.1) is 13.8 Å². The van der Waals surface area contributed by atoms with E-state index in [9.17, 15) is 9.59 Å². The molecule has 3 heterocycles. The summed E-state index contributed by atoms with van der Waals surface area (Å²) in [6.45, 7) is 4.85. The first-order chi connectivity index (χ1) is 14.4. The SMILES string of the molecule is Cc1nc([C@@H]2CCN(C(=O)c3scnc3C)C2)ncc1C(=O)Nc1ccc(Cl)cc1. The van der Waals surface area contributed by atoms with Gasteiger partial charge in [-0.15, -0.1) is 11.3 Å². The van der Waals surface area contributed by atoms with Crippen molar-refractivity contribution in [2.45, 2.75) is 26.2 Å². The fraction of sp³-hybridized carbons (Fsp3) is 0.286. The first kappa shape index (κ1) is 20.4. The summed E-state index contributed by atoms with van der Waals surface area (Å²) in [5.41, 5.74) is 4.12. The van der Waals surface area contributed by atoms with Gasteiger partial charge in [0.2, 0.25) is 0 Å². The Balaban J connectivity index is 1.44. The minimum absolute atomic E-state index is 0.00758. The number of anilines is 1. The quantitative estimate of drug-likeness (QED) is 0.658. The molecular weight excluding hydrogens is 422 g/mol. The highest BCUT2D eigenvalue weighted by Gasteiger charge is 2.31. The molecule has 9 heteroatoms. The van der Waals surface area contributed by atoms with Crippen LogP contribution in [-0.4, -0.2) is 44.8 Å². The standard InChI is InChI=1S/C21H20ClN5O2S/c1-12-17(20(28)26-16-5-3-15(22)4-6-16)9-23-19(25-12)14-7-8-27(10-14)21(29)18-13(2)24-11-30-18/h3-6,9,11,14H,7-8,10H2,1-2H3,(H,26,28)/t14-/m1/s1. The summed E-state index contributed by atoms with van der Waals surface area (Å²) in [6, 6.07) is 6.90. The van der Waals surface area contributed by atoms with Gasteiger partial charge >= 0.3 is 0 Å². The number of halogens is 1. The number of likely N-dealkylation sites (tertiary alicyclic amines) is 1. The molecule has 0 unspecified atom stereocenters. The molecule has 1 atom stereocenters. The second-order valence-corrected chi connectivity index (χ2v) is 8.48. The van der Waals surface area contributed by atoms with Crippen LogP contribution in [0.3, 0.4) is 0 Å². The Kier molecular flexibility index (Phi) is 5.78. The molecule has 1 aliphatic heterocycles. The molecule has 2 aromatic heterocycles. The average molecular weight is 442 g/mol. The molecule has 1 fully saturated rings. The molecular formula is C21H20ClN5O2S. The van der Waals surface area contributed by atoms with Crippen LogP contribution in [-0.2, 0) is 0 Å². The highest BCUT2D eigenvalue weighted by Crippen LogP contribution is 2.28. The van der Waals surface area contributed by atoms with Crippen LogP contribution < -0.4 is 5.32 Å². The predicted molar refractivity (Wildman–Crippen MR) is 116 cm³/mol. The molecule has 1 saturated heterocycles. The lowest BCUT2D eigenvalue weighted by Crippen LogP contribution is -2.28. The smallest absolute Gasteiger partial charge is 0.265 e. The third-order valence-electron chi connectivity index (χ3n) is 5.13. The summed E-state index contributed by atoms with van der Waals surface area (Å²) in [6.07, 6.45) is 2.35. The molecule has 0 aliphatic carbocycles. The van der Waals surface area contributed by atoms with E-state index in [1.165, 1.54) is 11.3 Å². The Bertz CT molecular complexity index is 1100. The zero-order chi connectivity index (χ0) is 21.3. The van der Waals surface area contributed by atoms with Crippen molar-refractivity contribution in [1.82, 2.24) is 19.9 Å². The minimum atomic E-state index is -0.273. The van der Waals surface area contributed by atoms with Gasteiger partial charge in [-0.05, 0) is 44.5 Å². The van der Waals surface area contributed by atoms with E-state index in [1.54, 1.807) is 42.9 Å². The monoisotopic (exact) mass is 441 g/mol. The number of nitrogens with one attached hydrogen (secondary N) is 1. The lowest BCUT2D eigenvalue weighted by molar-refractivity contribution is 0.0794. The van der Waals surface area contributed by atoms with Gasteiger partial charge in [-0.3, -0.25) is 9.59 Å². The van der Waals surface area contributed by atoms with Crippen LogP contribution in [0.1, 0.15) is 49.6 Å². The van der Waals surface area contributed by atoms with Gasteiger partial charge in [-0.25, -0.2) is 15.0 Å². The molecule has 1 aromatic carbocycles. The molecule has 0 spiro atoms. The normalized spacial score (nSPS) is 16.0. The number of carbonyl (C=O) groups is 2. The molecule has 0 saturated carbocycles. The van der Waals surface area contributed by atoms with Gasteiger partial charge in [0.05, 0.1) is 22.5 Å². The number of carbonyl (C=O) groups excluding carboxylic acids is 2. The number of hydrogen-bond acceptors (Lipinski definition) is 6. The molecule has 2 amide bonds. The average Bonchev–Trinajstić information content (AvgIpc) is 3.38. The van der Waals surface area contributed by atoms with Gasteiger partial charge in [0.25, 0.3) is 11.8 Å². The van der Waals surface area contributed by atoms with Crippen LogP contribution in [0.4, 0.5) is 5.69 Å². The number of aromatic nitrogens is 3. The summed E-state index contributed by atoms with van der Waals surface area (Å²) in [7, 11) is 0. The van der Waals surface area contributed by atoms with Gasteiger partial charge in [0.1, 0.15) is 10.7 Å². The number of benzene rings is 1. The summed E-state index contributed by atoms with van der Waals surface area (Å²) in [5, 5.41) is 3.43. The van der Waals surface area contributed by atoms with Crippen molar-refractivity contribution >= 4 is 40.4 Å². The maximum Gasteiger partial charge on any atom is 0.265 e. The van der Waals surface area contributed by atoms with Crippen molar-refractivity contribution in [3.05, 3.63) is 68.6 Å². The van der Waals surface area contributed by atoms with Gasteiger partial charge in [-0.1, -0.05) is 11.6 Å². The summed E-state index contributed by atoms with van der Waals surface area (Å²) < 4.78 is 0. The molecule has 1 aliphatic rings. The van der Waals surface area contributed by atoms with Gasteiger partial charge in [0.15, 0.2) is 0 Å². The fourth-order valence-electron chi connectivity index (χ4n) is 3.44. The zero-order valence-corrected chi connectivity index (χ0v) is 18.1. The van der Waals surface area contributed by atoms with E-state index in [4.69, 9.17) is 11.6 Å². The number of rotatable bonds is 4. The number of thiazole rings is 1. The molecule has 30 heavy (non-hydrogen) atoms. The van der Waals surface area contributed by atoms with Gasteiger partial charge in [-0.2, -0.15) is 0 Å². The minimum Gasteiger partial charge on any atom is -0.337 e. The van der Waals surface area contributed by atoms with Crippen LogP contribution in [0.15, 0.2) is 36.0 Å². The third kappa shape index (κ3) is 4.20. The zero-order valence-electron chi connectivity index (χ0n) is 16.6. The van der Waals surface area contributed by atoms with Crippen LogP contribution in [0.5, 0.6) is 0 Å². The Morgan fingerprint density at radius 1 is 1.17 bits per heavy atom. The Morgan fingerprint density at radius 3 is 2.60 bits per heavy atom. The molecule has 1 N–H and O–H groups in total. The maximum absolute atomic E-state index is 12.7. The van der Waals surface area contributed by atoms with E-state index in [1.807, 2.05) is 11.8 Å². The summed E-state index contributed by atoms with van der Waals surface area (Å²) in [5.74, 6) is 0.444. The van der Waals surface area contributed by atoms with Crippen molar-refractivity contribution in [3.63, 3.8) is 0 Å². The molecule has 0 radical (unpaired) electrons. The molecule has 154 valence electrons. The summed E-state index contributed by atoms with van der Waals surface area (Å²) >= 11 is 7.24. The number of amides is 2. The van der Waals surface area contributed by atoms with Crippen molar-refractivity contribution in [2.24, 2.45) is 0 Å². The van der Waals surface area contributed by atoms with Crippen LogP contribution >= 0.6 is 22.9 Å². The first-order valence-corrected chi connectivity index (χ1v) is 10.8. The first-order valence-electron chi connectivity index (χ1n) is 9.52. The maximum atomic E-state index is 12.7. The van der Waals surface area contributed by atoms with E-state index in [2.05, 4.69) is 20.3 Å². The van der Waals surface area contributed by atoms with E-state index in [-0.39, 0.29) is 17.7 Å². The van der Waals surface area contributed by atoms with Crippen LogP contribution in [0.25, 0.3) is 0 Å². The van der Waals surface area contributed by atoms with Crippen molar-refractivity contribution < 1.29 is 9.59 Å². The second-order valence-electron chi connectivity index (χ2n) is 7.19.